The predicted molar refractivity (Wildman–Crippen MR) is 89.6 cm³/mol. The van der Waals surface area contributed by atoms with Crippen LogP contribution in [0, 0.1) is 5.41 Å². The molecular formula is C14H29IOSi. The van der Waals surface area contributed by atoms with Crippen LogP contribution in [0.15, 0.2) is 12.2 Å². The van der Waals surface area contributed by atoms with E-state index in [4.69, 9.17) is 4.43 Å². The summed E-state index contributed by atoms with van der Waals surface area (Å²) in [5.74, 6) is 0. The van der Waals surface area contributed by atoms with Crippen molar-refractivity contribution in [3.63, 3.8) is 0 Å². The summed E-state index contributed by atoms with van der Waals surface area (Å²) in [7, 11) is -1.47. The smallest absolute Gasteiger partial charge is 0.184 e. The highest BCUT2D eigenvalue weighted by atomic mass is 127. The van der Waals surface area contributed by atoms with Gasteiger partial charge in [-0.3, -0.25) is 0 Å². The Bertz CT molecular complexity index is 231. The third kappa shape index (κ3) is 8.38. The van der Waals surface area contributed by atoms with E-state index in [-0.39, 0.29) is 11.5 Å². The van der Waals surface area contributed by atoms with Crippen LogP contribution in [0.5, 0.6) is 0 Å². The molecule has 102 valence electrons. The molecule has 0 bridgehead atoms. The van der Waals surface area contributed by atoms with Crippen LogP contribution in [0.4, 0.5) is 0 Å². The lowest BCUT2D eigenvalue weighted by Crippen LogP contribution is -2.39. The van der Waals surface area contributed by atoms with Gasteiger partial charge in [0.1, 0.15) is 0 Å². The summed E-state index contributed by atoms with van der Waals surface area (Å²) < 4.78 is 7.41. The summed E-state index contributed by atoms with van der Waals surface area (Å²) in [6.07, 6.45) is 8.58. The van der Waals surface area contributed by atoms with Crippen LogP contribution in [-0.4, -0.2) is 18.8 Å². The second-order valence-corrected chi connectivity index (χ2v) is 11.7. The zero-order chi connectivity index (χ0) is 13.5. The Labute approximate surface area is 123 Å². The standard InChI is InChI=1S/C14H29IOSi/c1-7-8-11-14(2,3)13(10-9-12-15)16-17(4,5)6/h9-10,13H,7-8,11-12H2,1-6H3. The molecule has 0 fully saturated rings. The molecule has 0 saturated heterocycles. The second-order valence-electron chi connectivity index (χ2n) is 6.33. The van der Waals surface area contributed by atoms with Gasteiger partial charge in [0.2, 0.25) is 0 Å². The average molecular weight is 368 g/mol. The first-order valence-corrected chi connectivity index (χ1v) is 11.6. The van der Waals surface area contributed by atoms with Crippen molar-refractivity contribution < 1.29 is 4.43 Å². The minimum atomic E-state index is -1.47. The normalized spacial score (nSPS) is 15.5. The zero-order valence-corrected chi connectivity index (χ0v) is 15.5. The number of unbranched alkanes of at least 4 members (excludes halogenated alkanes) is 1. The topological polar surface area (TPSA) is 9.23 Å². The predicted octanol–water partition coefficient (Wildman–Crippen LogP) is 5.41. The van der Waals surface area contributed by atoms with Crippen molar-refractivity contribution in [3.8, 4) is 0 Å². The molecule has 1 nitrogen and oxygen atoms in total. The van der Waals surface area contributed by atoms with Gasteiger partial charge in [0.15, 0.2) is 8.32 Å². The fourth-order valence-corrected chi connectivity index (χ4v) is 3.24. The third-order valence-corrected chi connectivity index (χ3v) is 4.29. The van der Waals surface area contributed by atoms with Crippen LogP contribution < -0.4 is 0 Å². The Balaban J connectivity index is 4.70. The van der Waals surface area contributed by atoms with Gasteiger partial charge in [-0.25, -0.2) is 0 Å². The molecule has 0 aromatic rings. The maximum absolute atomic E-state index is 6.35. The molecule has 1 unspecified atom stereocenters. The Kier molecular flexibility index (Phi) is 8.25. The van der Waals surface area contributed by atoms with Gasteiger partial charge in [-0.05, 0) is 31.5 Å². The highest BCUT2D eigenvalue weighted by molar-refractivity contribution is 14.1. The summed E-state index contributed by atoms with van der Waals surface area (Å²) in [5, 5.41) is 0. The minimum Gasteiger partial charge on any atom is -0.411 e. The van der Waals surface area contributed by atoms with E-state index in [0.29, 0.717) is 0 Å². The van der Waals surface area contributed by atoms with Gasteiger partial charge in [0.05, 0.1) is 6.10 Å². The molecule has 0 saturated carbocycles. The quantitative estimate of drug-likeness (QED) is 0.241. The number of allylic oxidation sites excluding steroid dienone is 1. The Hall–Kier alpha value is 0.647. The first-order valence-electron chi connectivity index (χ1n) is 6.63. The van der Waals surface area contributed by atoms with Crippen LogP contribution in [0.3, 0.4) is 0 Å². The van der Waals surface area contributed by atoms with Crippen LogP contribution in [0.2, 0.25) is 19.6 Å². The molecule has 0 aliphatic carbocycles. The van der Waals surface area contributed by atoms with Crippen molar-refractivity contribution in [2.45, 2.75) is 65.8 Å². The maximum Gasteiger partial charge on any atom is 0.184 e. The Morgan fingerprint density at radius 3 is 2.29 bits per heavy atom. The summed E-state index contributed by atoms with van der Waals surface area (Å²) in [6, 6.07) is 0. The molecule has 0 N–H and O–H groups in total. The summed E-state index contributed by atoms with van der Waals surface area (Å²) >= 11 is 2.38. The summed E-state index contributed by atoms with van der Waals surface area (Å²) in [5.41, 5.74) is 0.249. The van der Waals surface area contributed by atoms with Gasteiger partial charge in [0.25, 0.3) is 0 Å². The van der Waals surface area contributed by atoms with Crippen molar-refractivity contribution in [2.24, 2.45) is 5.41 Å². The molecule has 0 aromatic carbocycles. The fourth-order valence-electron chi connectivity index (χ4n) is 1.79. The molecule has 0 aromatic heterocycles. The number of rotatable bonds is 8. The first kappa shape index (κ1) is 17.6. The summed E-state index contributed by atoms with van der Waals surface area (Å²) in [6.45, 7) is 13.7. The largest absolute Gasteiger partial charge is 0.411 e. The van der Waals surface area contributed by atoms with Gasteiger partial charge in [0, 0.05) is 4.43 Å². The molecule has 1 atom stereocenters. The van der Waals surface area contributed by atoms with Crippen LogP contribution in [0.1, 0.15) is 40.0 Å². The van der Waals surface area contributed by atoms with Crippen molar-refractivity contribution in [1.82, 2.24) is 0 Å². The average Bonchev–Trinajstić information content (AvgIpc) is 2.19. The highest BCUT2D eigenvalue weighted by Gasteiger charge is 2.31. The maximum atomic E-state index is 6.35. The minimum absolute atomic E-state index is 0.249. The number of halogens is 1. The molecule has 0 aliphatic rings. The van der Waals surface area contributed by atoms with E-state index in [1.54, 1.807) is 0 Å². The van der Waals surface area contributed by atoms with Crippen molar-refractivity contribution in [3.05, 3.63) is 12.2 Å². The van der Waals surface area contributed by atoms with Crippen molar-refractivity contribution in [2.75, 3.05) is 4.43 Å². The van der Waals surface area contributed by atoms with Gasteiger partial charge >= 0.3 is 0 Å². The lowest BCUT2D eigenvalue weighted by atomic mass is 9.81. The lowest BCUT2D eigenvalue weighted by Gasteiger charge is -2.37. The molecule has 0 heterocycles. The van der Waals surface area contributed by atoms with Crippen molar-refractivity contribution >= 4 is 30.9 Å². The lowest BCUT2D eigenvalue weighted by molar-refractivity contribution is 0.0966. The third-order valence-electron chi connectivity index (χ3n) is 2.83. The van der Waals surface area contributed by atoms with Crippen LogP contribution >= 0.6 is 22.6 Å². The van der Waals surface area contributed by atoms with E-state index in [9.17, 15) is 0 Å². The van der Waals surface area contributed by atoms with E-state index in [2.05, 4.69) is 75.2 Å². The second kappa shape index (κ2) is 7.95. The summed E-state index contributed by atoms with van der Waals surface area (Å²) in [4.78, 5) is 0. The number of hydrogen-bond acceptors (Lipinski definition) is 1. The molecule has 0 rings (SSSR count). The molecule has 3 heteroatoms. The van der Waals surface area contributed by atoms with E-state index in [1.165, 1.54) is 19.3 Å². The monoisotopic (exact) mass is 368 g/mol. The first-order chi connectivity index (χ1) is 7.73. The molecule has 0 amide bonds. The van der Waals surface area contributed by atoms with E-state index >= 15 is 0 Å². The Morgan fingerprint density at radius 1 is 1.29 bits per heavy atom. The van der Waals surface area contributed by atoms with Crippen molar-refractivity contribution in [1.29, 1.82) is 0 Å². The van der Waals surface area contributed by atoms with Gasteiger partial charge in [-0.15, -0.1) is 0 Å². The fraction of sp³-hybridized carbons (Fsp3) is 0.857. The molecule has 0 spiro atoms. The molecule has 17 heavy (non-hydrogen) atoms. The van der Waals surface area contributed by atoms with E-state index in [0.717, 1.165) is 4.43 Å². The number of alkyl halides is 1. The van der Waals surface area contributed by atoms with Gasteiger partial charge in [-0.1, -0.05) is 68.4 Å². The molecular weight excluding hydrogens is 339 g/mol. The van der Waals surface area contributed by atoms with Crippen LogP contribution in [-0.2, 0) is 4.43 Å². The molecule has 0 aliphatic heterocycles. The van der Waals surface area contributed by atoms with Crippen LogP contribution in [0.25, 0.3) is 0 Å². The van der Waals surface area contributed by atoms with Gasteiger partial charge in [-0.2, -0.15) is 0 Å². The Morgan fingerprint density at radius 2 is 1.88 bits per heavy atom. The van der Waals surface area contributed by atoms with E-state index in [1.807, 2.05) is 0 Å². The molecule has 0 radical (unpaired) electrons. The SMILES string of the molecule is CCCCC(C)(C)C(C=CCI)O[Si](C)(C)C. The van der Waals surface area contributed by atoms with E-state index < -0.39 is 8.32 Å². The number of hydrogen-bond donors (Lipinski definition) is 0. The zero-order valence-electron chi connectivity index (χ0n) is 12.3. The van der Waals surface area contributed by atoms with Gasteiger partial charge < -0.3 is 4.43 Å². The highest BCUT2D eigenvalue weighted by Crippen LogP contribution is 2.32.